The largest absolute Gasteiger partial charge is 0.494 e. The maximum atomic E-state index is 12.0. The van der Waals surface area contributed by atoms with Gasteiger partial charge >= 0.3 is 0 Å². The maximum absolute atomic E-state index is 12.0. The van der Waals surface area contributed by atoms with Crippen LogP contribution in [0.2, 0.25) is 0 Å². The van der Waals surface area contributed by atoms with Crippen molar-refractivity contribution >= 4 is 11.8 Å². The van der Waals surface area contributed by atoms with Crippen molar-refractivity contribution in [2.24, 2.45) is 5.92 Å². The van der Waals surface area contributed by atoms with Gasteiger partial charge in [-0.25, -0.2) is 0 Å². The molecule has 0 spiro atoms. The molecule has 0 radical (unpaired) electrons. The van der Waals surface area contributed by atoms with Crippen LogP contribution >= 0.6 is 0 Å². The average molecular weight is 332 g/mol. The van der Waals surface area contributed by atoms with Crippen molar-refractivity contribution in [2.45, 2.75) is 52.0 Å². The number of hydrogen-bond acceptors (Lipinski definition) is 3. The first-order chi connectivity index (χ1) is 11.6. The summed E-state index contributed by atoms with van der Waals surface area (Å²) in [5.41, 5.74) is 1.16. The third kappa shape index (κ3) is 5.87. The SMILES string of the molecule is Cc1cccc(OCCCNC(=O)C(C)NC(=O)C2CCCC2)c1. The second-order valence-electron chi connectivity index (χ2n) is 6.52. The summed E-state index contributed by atoms with van der Waals surface area (Å²) in [7, 11) is 0. The maximum Gasteiger partial charge on any atom is 0.242 e. The van der Waals surface area contributed by atoms with Crippen molar-refractivity contribution in [3.05, 3.63) is 29.8 Å². The predicted octanol–water partition coefficient (Wildman–Crippen LogP) is 2.58. The Bertz CT molecular complexity index is 553. The number of nitrogens with one attached hydrogen (secondary N) is 2. The number of carbonyl (C=O) groups is 2. The molecule has 1 aliphatic carbocycles. The summed E-state index contributed by atoms with van der Waals surface area (Å²) in [6.45, 7) is 4.83. The van der Waals surface area contributed by atoms with Crippen LogP contribution in [0, 0.1) is 12.8 Å². The Balaban J connectivity index is 1.59. The molecular weight excluding hydrogens is 304 g/mol. The van der Waals surface area contributed by atoms with Crippen molar-refractivity contribution in [3.8, 4) is 5.75 Å². The molecule has 1 aliphatic rings. The molecule has 0 aromatic heterocycles. The molecule has 2 amide bonds. The highest BCUT2D eigenvalue weighted by atomic mass is 16.5. The highest BCUT2D eigenvalue weighted by Crippen LogP contribution is 2.24. The molecule has 1 fully saturated rings. The van der Waals surface area contributed by atoms with Gasteiger partial charge < -0.3 is 15.4 Å². The molecule has 5 heteroatoms. The highest BCUT2D eigenvalue weighted by Gasteiger charge is 2.25. The number of carbonyl (C=O) groups excluding carboxylic acids is 2. The summed E-state index contributed by atoms with van der Waals surface area (Å²) >= 11 is 0. The molecule has 1 unspecified atom stereocenters. The molecule has 132 valence electrons. The van der Waals surface area contributed by atoms with Gasteiger partial charge in [0.15, 0.2) is 0 Å². The first-order valence-electron chi connectivity index (χ1n) is 8.84. The molecule has 1 atom stereocenters. The topological polar surface area (TPSA) is 67.4 Å². The number of ether oxygens (including phenoxy) is 1. The van der Waals surface area contributed by atoms with Crippen molar-refractivity contribution in [2.75, 3.05) is 13.2 Å². The van der Waals surface area contributed by atoms with E-state index < -0.39 is 6.04 Å². The third-order valence-electron chi connectivity index (χ3n) is 4.36. The number of rotatable bonds is 8. The lowest BCUT2D eigenvalue weighted by molar-refractivity contribution is -0.130. The summed E-state index contributed by atoms with van der Waals surface area (Å²) < 4.78 is 5.64. The zero-order chi connectivity index (χ0) is 17.4. The Kier molecular flexibility index (Phi) is 7.09. The molecule has 1 saturated carbocycles. The smallest absolute Gasteiger partial charge is 0.242 e. The van der Waals surface area contributed by atoms with E-state index in [-0.39, 0.29) is 17.7 Å². The number of benzene rings is 1. The van der Waals surface area contributed by atoms with Crippen LogP contribution in [-0.2, 0) is 9.59 Å². The standard InChI is InChI=1S/C19H28N2O3/c1-14-7-5-10-17(13-14)24-12-6-11-20-18(22)15(2)21-19(23)16-8-3-4-9-16/h5,7,10,13,15-16H,3-4,6,8-9,11-12H2,1-2H3,(H,20,22)(H,21,23). The van der Waals surface area contributed by atoms with E-state index >= 15 is 0 Å². The first-order valence-corrected chi connectivity index (χ1v) is 8.84. The van der Waals surface area contributed by atoms with E-state index in [2.05, 4.69) is 10.6 Å². The molecule has 0 aliphatic heterocycles. The summed E-state index contributed by atoms with van der Waals surface area (Å²) in [5, 5.41) is 5.65. The Labute approximate surface area is 144 Å². The van der Waals surface area contributed by atoms with Crippen LogP contribution in [0.25, 0.3) is 0 Å². The quantitative estimate of drug-likeness (QED) is 0.719. The summed E-state index contributed by atoms with van der Waals surface area (Å²) in [6.07, 6.45) is 4.83. The second kappa shape index (κ2) is 9.30. The third-order valence-corrected chi connectivity index (χ3v) is 4.36. The molecule has 0 heterocycles. The van der Waals surface area contributed by atoms with Crippen LogP contribution in [0.3, 0.4) is 0 Å². The number of aryl methyl sites for hydroxylation is 1. The molecule has 2 rings (SSSR count). The van der Waals surface area contributed by atoms with E-state index in [1.807, 2.05) is 31.2 Å². The summed E-state index contributed by atoms with van der Waals surface area (Å²) in [4.78, 5) is 24.0. The van der Waals surface area contributed by atoms with Gasteiger partial charge in [-0.3, -0.25) is 9.59 Å². The van der Waals surface area contributed by atoms with Crippen LogP contribution < -0.4 is 15.4 Å². The normalized spacial score (nSPS) is 15.8. The van der Waals surface area contributed by atoms with Gasteiger partial charge in [-0.1, -0.05) is 25.0 Å². The highest BCUT2D eigenvalue weighted by molar-refractivity contribution is 5.88. The molecule has 1 aromatic carbocycles. The summed E-state index contributed by atoms with van der Waals surface area (Å²) in [6, 6.07) is 7.40. The van der Waals surface area contributed by atoms with Gasteiger partial charge in [-0.2, -0.15) is 0 Å². The Morgan fingerprint density at radius 3 is 2.75 bits per heavy atom. The summed E-state index contributed by atoms with van der Waals surface area (Å²) in [5.74, 6) is 0.802. The van der Waals surface area contributed by atoms with E-state index in [1.165, 1.54) is 0 Å². The molecule has 5 nitrogen and oxygen atoms in total. The average Bonchev–Trinajstić information content (AvgIpc) is 3.09. The molecule has 24 heavy (non-hydrogen) atoms. The van der Waals surface area contributed by atoms with Crippen LogP contribution in [0.5, 0.6) is 5.75 Å². The van der Waals surface area contributed by atoms with Gasteiger partial charge in [0, 0.05) is 12.5 Å². The van der Waals surface area contributed by atoms with Gasteiger partial charge in [-0.05, 0) is 50.8 Å². The lowest BCUT2D eigenvalue weighted by Gasteiger charge is -2.16. The molecule has 0 bridgehead atoms. The van der Waals surface area contributed by atoms with Crippen LogP contribution in [0.4, 0.5) is 0 Å². The van der Waals surface area contributed by atoms with Gasteiger partial charge in [0.2, 0.25) is 11.8 Å². The van der Waals surface area contributed by atoms with E-state index in [0.717, 1.165) is 43.4 Å². The zero-order valence-electron chi connectivity index (χ0n) is 14.6. The lowest BCUT2D eigenvalue weighted by Crippen LogP contribution is -2.46. The predicted molar refractivity (Wildman–Crippen MR) is 93.9 cm³/mol. The van der Waals surface area contributed by atoms with E-state index in [4.69, 9.17) is 4.74 Å². The van der Waals surface area contributed by atoms with Crippen LogP contribution in [0.15, 0.2) is 24.3 Å². The van der Waals surface area contributed by atoms with Gasteiger partial charge in [0.1, 0.15) is 11.8 Å². The zero-order valence-corrected chi connectivity index (χ0v) is 14.6. The van der Waals surface area contributed by atoms with Crippen molar-refractivity contribution in [3.63, 3.8) is 0 Å². The van der Waals surface area contributed by atoms with Gasteiger partial charge in [0.25, 0.3) is 0 Å². The van der Waals surface area contributed by atoms with Crippen molar-refractivity contribution < 1.29 is 14.3 Å². The van der Waals surface area contributed by atoms with Crippen LogP contribution in [-0.4, -0.2) is 31.0 Å². The minimum atomic E-state index is -0.490. The van der Waals surface area contributed by atoms with Crippen molar-refractivity contribution in [1.29, 1.82) is 0 Å². The minimum absolute atomic E-state index is 0.0120. The Morgan fingerprint density at radius 2 is 2.04 bits per heavy atom. The van der Waals surface area contributed by atoms with Crippen molar-refractivity contribution in [1.82, 2.24) is 10.6 Å². The van der Waals surface area contributed by atoms with Crippen LogP contribution in [0.1, 0.15) is 44.6 Å². The lowest BCUT2D eigenvalue weighted by atomic mass is 10.1. The second-order valence-corrected chi connectivity index (χ2v) is 6.52. The fourth-order valence-electron chi connectivity index (χ4n) is 2.92. The molecule has 1 aromatic rings. The van der Waals surface area contributed by atoms with Gasteiger partial charge in [0.05, 0.1) is 6.61 Å². The first kappa shape index (κ1) is 18.3. The van der Waals surface area contributed by atoms with E-state index in [0.29, 0.717) is 13.2 Å². The Morgan fingerprint density at radius 1 is 1.29 bits per heavy atom. The monoisotopic (exact) mass is 332 g/mol. The minimum Gasteiger partial charge on any atom is -0.494 e. The molecule has 2 N–H and O–H groups in total. The Hall–Kier alpha value is -2.04. The van der Waals surface area contributed by atoms with E-state index in [9.17, 15) is 9.59 Å². The van der Waals surface area contributed by atoms with Gasteiger partial charge in [-0.15, -0.1) is 0 Å². The molecular formula is C19H28N2O3. The van der Waals surface area contributed by atoms with E-state index in [1.54, 1.807) is 6.92 Å². The fourth-order valence-corrected chi connectivity index (χ4v) is 2.92. The molecule has 0 saturated heterocycles. The fraction of sp³-hybridized carbons (Fsp3) is 0.579. The number of amides is 2. The number of hydrogen-bond donors (Lipinski definition) is 2.